The second-order valence-corrected chi connectivity index (χ2v) is 5.07. The second-order valence-electron chi connectivity index (χ2n) is 5.07. The van der Waals surface area contributed by atoms with Crippen LogP contribution >= 0.6 is 0 Å². The van der Waals surface area contributed by atoms with Crippen LogP contribution in [0.5, 0.6) is 0 Å². The molecule has 1 heterocycles. The molecule has 3 N–H and O–H groups in total. The molecule has 4 nitrogen and oxygen atoms in total. The van der Waals surface area contributed by atoms with Gasteiger partial charge in [-0.3, -0.25) is 4.79 Å². The fraction of sp³-hybridized carbons (Fsp3) is 0.533. The van der Waals surface area contributed by atoms with Crippen LogP contribution in [0.4, 0.5) is 5.69 Å². The molecule has 0 bridgehead atoms. The predicted octanol–water partition coefficient (Wildman–Crippen LogP) is 2.26. The summed E-state index contributed by atoms with van der Waals surface area (Å²) in [4.78, 5) is 12.3. The lowest BCUT2D eigenvalue weighted by Gasteiger charge is -2.21. The maximum Gasteiger partial charge on any atom is 0.226 e. The van der Waals surface area contributed by atoms with E-state index in [0.29, 0.717) is 12.3 Å². The van der Waals surface area contributed by atoms with Crippen LogP contribution in [0.2, 0.25) is 0 Å². The third-order valence-electron chi connectivity index (χ3n) is 3.77. The zero-order valence-corrected chi connectivity index (χ0v) is 11.6. The summed E-state index contributed by atoms with van der Waals surface area (Å²) in [6, 6.07) is 7.55. The average Bonchev–Trinajstić information content (AvgIpc) is 2.87. The minimum Gasteiger partial charge on any atom is -0.398 e. The van der Waals surface area contributed by atoms with Crippen molar-refractivity contribution in [3.05, 3.63) is 29.8 Å². The first kappa shape index (κ1) is 13.9. The van der Waals surface area contributed by atoms with E-state index >= 15 is 0 Å². The second kappa shape index (κ2) is 6.06. The van der Waals surface area contributed by atoms with Crippen LogP contribution in [0.25, 0.3) is 0 Å². The quantitative estimate of drug-likeness (QED) is 0.818. The molecular formula is C15H22N2O2. The van der Waals surface area contributed by atoms with Gasteiger partial charge in [0.05, 0.1) is 18.1 Å². The van der Waals surface area contributed by atoms with Crippen LogP contribution in [0.1, 0.15) is 38.3 Å². The van der Waals surface area contributed by atoms with E-state index in [9.17, 15) is 4.79 Å². The molecular weight excluding hydrogens is 240 g/mol. The van der Waals surface area contributed by atoms with Gasteiger partial charge in [-0.15, -0.1) is 0 Å². The van der Waals surface area contributed by atoms with Gasteiger partial charge >= 0.3 is 0 Å². The van der Waals surface area contributed by atoms with Crippen molar-refractivity contribution in [2.24, 2.45) is 5.92 Å². The van der Waals surface area contributed by atoms with Crippen molar-refractivity contribution < 1.29 is 9.53 Å². The molecule has 104 valence electrons. The number of ether oxygens (including phenoxy) is 1. The number of nitrogens with one attached hydrogen (secondary N) is 1. The van der Waals surface area contributed by atoms with Crippen molar-refractivity contribution in [3.63, 3.8) is 0 Å². The largest absolute Gasteiger partial charge is 0.398 e. The van der Waals surface area contributed by atoms with Crippen molar-refractivity contribution in [1.82, 2.24) is 5.32 Å². The molecule has 0 spiro atoms. The zero-order valence-electron chi connectivity index (χ0n) is 11.6. The molecule has 0 saturated carbocycles. The van der Waals surface area contributed by atoms with E-state index in [4.69, 9.17) is 10.5 Å². The Morgan fingerprint density at radius 1 is 1.53 bits per heavy atom. The van der Waals surface area contributed by atoms with E-state index in [1.165, 1.54) is 0 Å². The highest BCUT2D eigenvalue weighted by molar-refractivity contribution is 5.80. The van der Waals surface area contributed by atoms with Crippen molar-refractivity contribution in [2.75, 3.05) is 12.3 Å². The Balaban J connectivity index is 2.01. The third-order valence-corrected chi connectivity index (χ3v) is 3.77. The molecule has 4 heteroatoms. The minimum absolute atomic E-state index is 0.0302. The Bertz CT molecular complexity index is 448. The van der Waals surface area contributed by atoms with Crippen LogP contribution in [0.15, 0.2) is 24.3 Å². The molecule has 1 aromatic carbocycles. The van der Waals surface area contributed by atoms with Gasteiger partial charge < -0.3 is 15.8 Å². The number of anilines is 1. The summed E-state index contributed by atoms with van der Waals surface area (Å²) in [5.74, 6) is 0.0393. The summed E-state index contributed by atoms with van der Waals surface area (Å²) in [5, 5.41) is 3.04. The number of hydrogen-bond acceptors (Lipinski definition) is 3. The molecule has 1 aliphatic heterocycles. The van der Waals surface area contributed by atoms with Gasteiger partial charge in [0, 0.05) is 12.3 Å². The predicted molar refractivity (Wildman–Crippen MR) is 75.6 cm³/mol. The van der Waals surface area contributed by atoms with E-state index in [2.05, 4.69) is 12.2 Å². The summed E-state index contributed by atoms with van der Waals surface area (Å²) in [6.07, 6.45) is 1.74. The zero-order chi connectivity index (χ0) is 13.8. The Morgan fingerprint density at radius 2 is 2.26 bits per heavy atom. The fourth-order valence-corrected chi connectivity index (χ4v) is 2.65. The first-order valence-corrected chi connectivity index (χ1v) is 6.89. The molecule has 2 rings (SSSR count). The number of benzene rings is 1. The van der Waals surface area contributed by atoms with Crippen molar-refractivity contribution in [1.29, 1.82) is 0 Å². The molecule has 3 atom stereocenters. The monoisotopic (exact) mass is 262 g/mol. The Kier molecular flexibility index (Phi) is 4.43. The highest BCUT2D eigenvalue weighted by atomic mass is 16.5. The number of carbonyl (C=O) groups is 1. The summed E-state index contributed by atoms with van der Waals surface area (Å²) < 4.78 is 5.56. The number of nitrogen functional groups attached to an aromatic ring is 1. The van der Waals surface area contributed by atoms with E-state index in [1.54, 1.807) is 0 Å². The molecule has 0 aromatic heterocycles. The van der Waals surface area contributed by atoms with E-state index in [0.717, 1.165) is 18.4 Å². The summed E-state index contributed by atoms with van der Waals surface area (Å²) in [5.41, 5.74) is 7.60. The topological polar surface area (TPSA) is 64.3 Å². The Labute approximate surface area is 114 Å². The molecule has 1 fully saturated rings. The summed E-state index contributed by atoms with van der Waals surface area (Å²) in [7, 11) is 0. The lowest BCUT2D eigenvalue weighted by molar-refractivity contribution is -0.127. The smallest absolute Gasteiger partial charge is 0.226 e. The molecule has 1 amide bonds. The third kappa shape index (κ3) is 3.07. The van der Waals surface area contributed by atoms with E-state index in [-0.39, 0.29) is 24.0 Å². The first-order chi connectivity index (χ1) is 9.13. The lowest BCUT2D eigenvalue weighted by atomic mass is 9.97. The van der Waals surface area contributed by atoms with Crippen LogP contribution in [0, 0.1) is 5.92 Å². The van der Waals surface area contributed by atoms with Crippen LogP contribution < -0.4 is 11.1 Å². The summed E-state index contributed by atoms with van der Waals surface area (Å²) in [6.45, 7) is 4.69. The van der Waals surface area contributed by atoms with Gasteiger partial charge in [-0.2, -0.15) is 0 Å². The van der Waals surface area contributed by atoms with Crippen LogP contribution in [-0.4, -0.2) is 18.6 Å². The van der Waals surface area contributed by atoms with Crippen molar-refractivity contribution in [3.8, 4) is 0 Å². The normalized spacial score (nSPS) is 24.1. The van der Waals surface area contributed by atoms with Crippen LogP contribution in [-0.2, 0) is 9.53 Å². The lowest BCUT2D eigenvalue weighted by Crippen LogP contribution is -2.36. The number of nitrogens with two attached hydrogens (primary N) is 1. The van der Waals surface area contributed by atoms with E-state index < -0.39 is 0 Å². The number of amides is 1. The number of para-hydroxylation sites is 1. The molecule has 3 unspecified atom stereocenters. The van der Waals surface area contributed by atoms with Gasteiger partial charge in [-0.25, -0.2) is 0 Å². The molecule has 0 radical (unpaired) electrons. The van der Waals surface area contributed by atoms with Gasteiger partial charge in [0.25, 0.3) is 0 Å². The highest BCUT2D eigenvalue weighted by Gasteiger charge is 2.33. The summed E-state index contributed by atoms with van der Waals surface area (Å²) >= 11 is 0. The number of hydrogen-bond donors (Lipinski definition) is 2. The first-order valence-electron chi connectivity index (χ1n) is 6.89. The SMILES string of the molecule is CCC1OCCC1C(=O)NC(C)c1ccccc1N. The molecule has 1 aromatic rings. The van der Waals surface area contributed by atoms with Gasteiger partial charge in [0.2, 0.25) is 5.91 Å². The standard InChI is InChI=1S/C15H22N2O2/c1-3-14-12(8-9-19-14)15(18)17-10(2)11-6-4-5-7-13(11)16/h4-7,10,12,14H,3,8-9,16H2,1-2H3,(H,17,18). The van der Waals surface area contributed by atoms with Gasteiger partial charge in [-0.1, -0.05) is 25.1 Å². The minimum atomic E-state index is -0.0770. The fourth-order valence-electron chi connectivity index (χ4n) is 2.65. The Hall–Kier alpha value is -1.55. The van der Waals surface area contributed by atoms with Crippen molar-refractivity contribution in [2.45, 2.75) is 38.8 Å². The highest BCUT2D eigenvalue weighted by Crippen LogP contribution is 2.25. The van der Waals surface area contributed by atoms with Gasteiger partial charge in [-0.05, 0) is 31.4 Å². The van der Waals surface area contributed by atoms with Gasteiger partial charge in [0.15, 0.2) is 0 Å². The van der Waals surface area contributed by atoms with E-state index in [1.807, 2.05) is 31.2 Å². The average molecular weight is 262 g/mol. The molecule has 1 aliphatic rings. The maximum absolute atomic E-state index is 12.3. The molecule has 1 saturated heterocycles. The molecule has 19 heavy (non-hydrogen) atoms. The van der Waals surface area contributed by atoms with Crippen LogP contribution in [0.3, 0.4) is 0 Å². The number of rotatable bonds is 4. The Morgan fingerprint density at radius 3 is 2.95 bits per heavy atom. The van der Waals surface area contributed by atoms with Crippen molar-refractivity contribution >= 4 is 11.6 Å². The van der Waals surface area contributed by atoms with Gasteiger partial charge in [0.1, 0.15) is 0 Å². The number of carbonyl (C=O) groups excluding carboxylic acids is 1. The maximum atomic E-state index is 12.3. The molecule has 0 aliphatic carbocycles.